The molecule has 0 saturated heterocycles. The lowest BCUT2D eigenvalue weighted by molar-refractivity contribution is -0.138. The molecule has 0 atom stereocenters. The number of rotatable bonds is 1. The summed E-state index contributed by atoms with van der Waals surface area (Å²) in [4.78, 5) is 14.2. The Morgan fingerprint density at radius 3 is 2.50 bits per heavy atom. The van der Waals surface area contributed by atoms with Gasteiger partial charge in [0, 0.05) is 6.20 Å². The Labute approximate surface area is 90.6 Å². The molecule has 0 radical (unpaired) electrons. The average Bonchev–Trinajstić information content (AvgIpc) is 2.01. The van der Waals surface area contributed by atoms with Gasteiger partial charge in [-0.05, 0) is 28.7 Å². The van der Waals surface area contributed by atoms with Gasteiger partial charge in [-0.3, -0.25) is 4.79 Å². The molecule has 0 aliphatic carbocycles. The van der Waals surface area contributed by atoms with Crippen molar-refractivity contribution in [2.45, 2.75) is 6.18 Å². The van der Waals surface area contributed by atoms with Crippen LogP contribution < -0.4 is 5.73 Å². The second-order valence-corrected chi connectivity index (χ2v) is 3.52. The van der Waals surface area contributed by atoms with E-state index >= 15 is 0 Å². The number of pyridine rings is 1. The first-order valence-electron chi connectivity index (χ1n) is 3.35. The van der Waals surface area contributed by atoms with Gasteiger partial charge in [0.05, 0.1) is 11.1 Å². The number of carbonyl (C=O) groups is 1. The Balaban J connectivity index is 3.37. The summed E-state index contributed by atoms with van der Waals surface area (Å²) < 4.78 is 37.2. The zero-order valence-corrected chi connectivity index (χ0v) is 8.76. The quantitative estimate of drug-likeness (QED) is 0.634. The van der Waals surface area contributed by atoms with Crippen molar-refractivity contribution in [2.75, 3.05) is 0 Å². The van der Waals surface area contributed by atoms with Crippen molar-refractivity contribution in [1.29, 1.82) is 0 Å². The van der Waals surface area contributed by atoms with Crippen LogP contribution in [0.15, 0.2) is 12.3 Å². The lowest BCUT2D eigenvalue weighted by atomic mass is 10.1. The Morgan fingerprint density at radius 2 is 2.07 bits per heavy atom. The van der Waals surface area contributed by atoms with Gasteiger partial charge >= 0.3 is 6.18 Å². The molecule has 7 heteroatoms. The first-order chi connectivity index (χ1) is 6.32. The van der Waals surface area contributed by atoms with E-state index in [-0.39, 0.29) is 3.70 Å². The van der Waals surface area contributed by atoms with Crippen LogP contribution in [-0.2, 0) is 6.18 Å². The van der Waals surface area contributed by atoms with Crippen LogP contribution in [0.4, 0.5) is 13.2 Å². The molecular weight excluding hydrogens is 312 g/mol. The van der Waals surface area contributed by atoms with Crippen LogP contribution in [-0.4, -0.2) is 10.9 Å². The lowest BCUT2D eigenvalue weighted by Gasteiger charge is -2.09. The SMILES string of the molecule is NC(=O)c1cc(I)ncc1C(F)(F)F. The first-order valence-corrected chi connectivity index (χ1v) is 4.43. The maximum atomic E-state index is 12.3. The Morgan fingerprint density at radius 1 is 1.50 bits per heavy atom. The van der Waals surface area contributed by atoms with Crippen molar-refractivity contribution in [1.82, 2.24) is 4.98 Å². The van der Waals surface area contributed by atoms with E-state index in [0.717, 1.165) is 6.07 Å². The van der Waals surface area contributed by atoms with Crippen molar-refractivity contribution in [3.05, 3.63) is 27.1 Å². The van der Waals surface area contributed by atoms with Gasteiger partial charge in [-0.15, -0.1) is 0 Å². The molecule has 0 fully saturated rings. The highest BCUT2D eigenvalue weighted by atomic mass is 127. The third-order valence-corrected chi connectivity index (χ3v) is 2.03. The number of aromatic nitrogens is 1. The molecule has 0 unspecified atom stereocenters. The van der Waals surface area contributed by atoms with Crippen LogP contribution in [0.1, 0.15) is 15.9 Å². The van der Waals surface area contributed by atoms with Crippen LogP contribution >= 0.6 is 22.6 Å². The van der Waals surface area contributed by atoms with Crippen LogP contribution in [0, 0.1) is 3.70 Å². The van der Waals surface area contributed by atoms with E-state index in [1.54, 1.807) is 22.6 Å². The van der Waals surface area contributed by atoms with Crippen molar-refractivity contribution in [3.63, 3.8) is 0 Å². The number of nitrogens with zero attached hydrogens (tertiary/aromatic N) is 1. The molecule has 0 aromatic carbocycles. The normalized spacial score (nSPS) is 11.4. The van der Waals surface area contributed by atoms with Gasteiger partial charge in [-0.1, -0.05) is 0 Å². The first kappa shape index (κ1) is 11.2. The van der Waals surface area contributed by atoms with Gasteiger partial charge in [0.25, 0.3) is 0 Å². The van der Waals surface area contributed by atoms with E-state index in [0.29, 0.717) is 6.20 Å². The predicted octanol–water partition coefficient (Wildman–Crippen LogP) is 1.80. The fraction of sp³-hybridized carbons (Fsp3) is 0.143. The van der Waals surface area contributed by atoms with Crippen molar-refractivity contribution < 1.29 is 18.0 Å². The fourth-order valence-electron chi connectivity index (χ4n) is 0.860. The number of hydrogen-bond acceptors (Lipinski definition) is 2. The van der Waals surface area contributed by atoms with Gasteiger partial charge in [-0.2, -0.15) is 13.2 Å². The van der Waals surface area contributed by atoms with Crippen molar-refractivity contribution >= 4 is 28.5 Å². The van der Waals surface area contributed by atoms with E-state index < -0.39 is 23.2 Å². The van der Waals surface area contributed by atoms with Gasteiger partial charge in [0.2, 0.25) is 5.91 Å². The predicted molar refractivity (Wildman–Crippen MR) is 50.5 cm³/mol. The third kappa shape index (κ3) is 2.34. The molecular formula is C7H4F3IN2O. The van der Waals surface area contributed by atoms with Crippen LogP contribution in [0.2, 0.25) is 0 Å². The van der Waals surface area contributed by atoms with Crippen molar-refractivity contribution in [2.24, 2.45) is 5.73 Å². The van der Waals surface area contributed by atoms with Gasteiger partial charge in [-0.25, -0.2) is 4.98 Å². The maximum absolute atomic E-state index is 12.3. The summed E-state index contributed by atoms with van der Waals surface area (Å²) in [6, 6.07) is 1.01. The number of primary amides is 1. The summed E-state index contributed by atoms with van der Waals surface area (Å²) in [6.07, 6.45) is -4.01. The molecule has 1 aromatic heterocycles. The number of carbonyl (C=O) groups excluding carboxylic acids is 1. The summed E-state index contributed by atoms with van der Waals surface area (Å²) in [5.74, 6) is -1.11. The molecule has 0 bridgehead atoms. The lowest BCUT2D eigenvalue weighted by Crippen LogP contribution is -2.19. The molecule has 0 spiro atoms. The summed E-state index contributed by atoms with van der Waals surface area (Å²) in [5, 5.41) is 0. The van der Waals surface area contributed by atoms with Gasteiger partial charge in [0.15, 0.2) is 0 Å². The van der Waals surface area contributed by atoms with Crippen LogP contribution in [0.3, 0.4) is 0 Å². The Bertz CT molecular complexity index is 378. The zero-order chi connectivity index (χ0) is 10.9. The largest absolute Gasteiger partial charge is 0.418 e. The molecule has 0 saturated carbocycles. The standard InChI is InChI=1S/C7H4F3IN2O/c8-7(9,10)4-2-13-5(11)1-3(4)6(12)14/h1-2H,(H2,12,14). The summed E-state index contributed by atoms with van der Waals surface area (Å²) in [7, 11) is 0. The van der Waals surface area contributed by atoms with Crippen molar-refractivity contribution in [3.8, 4) is 0 Å². The Hall–Kier alpha value is -0.860. The molecule has 1 aromatic rings. The second kappa shape index (κ2) is 3.71. The van der Waals surface area contributed by atoms with E-state index in [9.17, 15) is 18.0 Å². The van der Waals surface area contributed by atoms with E-state index in [4.69, 9.17) is 5.73 Å². The zero-order valence-electron chi connectivity index (χ0n) is 6.60. The van der Waals surface area contributed by atoms with Crippen LogP contribution in [0.25, 0.3) is 0 Å². The highest BCUT2D eigenvalue weighted by Crippen LogP contribution is 2.31. The molecule has 1 rings (SSSR count). The number of alkyl halides is 3. The Kier molecular flexibility index (Phi) is 2.98. The molecule has 14 heavy (non-hydrogen) atoms. The third-order valence-electron chi connectivity index (χ3n) is 1.44. The highest BCUT2D eigenvalue weighted by Gasteiger charge is 2.35. The number of nitrogens with two attached hydrogens (primary N) is 1. The van der Waals surface area contributed by atoms with Gasteiger partial charge in [0.1, 0.15) is 3.70 Å². The molecule has 3 nitrogen and oxygen atoms in total. The topological polar surface area (TPSA) is 56.0 Å². The molecule has 0 aliphatic heterocycles. The smallest absolute Gasteiger partial charge is 0.366 e. The highest BCUT2D eigenvalue weighted by molar-refractivity contribution is 14.1. The second-order valence-electron chi connectivity index (χ2n) is 2.41. The monoisotopic (exact) mass is 316 g/mol. The molecule has 1 heterocycles. The molecule has 2 N–H and O–H groups in total. The average molecular weight is 316 g/mol. The van der Waals surface area contributed by atoms with E-state index in [2.05, 4.69) is 4.98 Å². The number of halogens is 4. The van der Waals surface area contributed by atoms with Gasteiger partial charge < -0.3 is 5.73 Å². The fourth-order valence-corrected chi connectivity index (χ4v) is 1.31. The van der Waals surface area contributed by atoms with E-state index in [1.807, 2.05) is 0 Å². The summed E-state index contributed by atoms with van der Waals surface area (Å²) >= 11 is 1.70. The molecule has 0 aliphatic rings. The minimum absolute atomic E-state index is 0.282. The van der Waals surface area contributed by atoms with Crippen LogP contribution in [0.5, 0.6) is 0 Å². The number of amides is 1. The van der Waals surface area contributed by atoms with E-state index in [1.165, 1.54) is 0 Å². The number of hydrogen-bond donors (Lipinski definition) is 1. The summed E-state index contributed by atoms with van der Waals surface area (Å²) in [6.45, 7) is 0. The molecule has 76 valence electrons. The minimum Gasteiger partial charge on any atom is -0.366 e. The summed E-state index contributed by atoms with van der Waals surface area (Å²) in [5.41, 5.74) is 3.15. The maximum Gasteiger partial charge on any atom is 0.418 e. The minimum atomic E-state index is -4.61. The molecule has 1 amide bonds.